The molecule has 0 aromatic carbocycles. The van der Waals surface area contributed by atoms with Crippen LogP contribution < -0.4 is 5.32 Å². The van der Waals surface area contributed by atoms with Crippen molar-refractivity contribution in [3.8, 4) is 0 Å². The minimum Gasteiger partial charge on any atom is -0.311 e. The normalized spacial score (nSPS) is 39.3. The van der Waals surface area contributed by atoms with Gasteiger partial charge in [-0.15, -0.1) is 0 Å². The van der Waals surface area contributed by atoms with E-state index in [1.165, 1.54) is 50.2 Å². The minimum absolute atomic E-state index is 0.605. The Bertz CT molecular complexity index is 122. The van der Waals surface area contributed by atoms with Gasteiger partial charge >= 0.3 is 0 Å². The largest absolute Gasteiger partial charge is 0.311 e. The first-order chi connectivity index (χ1) is 5.41. The van der Waals surface area contributed by atoms with Gasteiger partial charge in [-0.25, -0.2) is 0 Å². The van der Waals surface area contributed by atoms with Crippen LogP contribution in [-0.4, -0.2) is 23.6 Å². The lowest BCUT2D eigenvalue weighted by Crippen LogP contribution is -2.57. The molecule has 1 nitrogen and oxygen atoms in total. The van der Waals surface area contributed by atoms with Crippen molar-refractivity contribution in [3.63, 3.8) is 0 Å². The number of hydrogen-bond donors (Lipinski definition) is 1. The van der Waals surface area contributed by atoms with Crippen molar-refractivity contribution >= 4 is 11.8 Å². The quantitative estimate of drug-likeness (QED) is 0.598. The van der Waals surface area contributed by atoms with E-state index in [0.29, 0.717) is 5.54 Å². The van der Waals surface area contributed by atoms with Gasteiger partial charge in [-0.05, 0) is 43.7 Å². The maximum Gasteiger partial charge on any atom is 0.0201 e. The molecule has 0 aliphatic carbocycles. The van der Waals surface area contributed by atoms with E-state index in [-0.39, 0.29) is 0 Å². The van der Waals surface area contributed by atoms with E-state index in [1.54, 1.807) is 0 Å². The van der Waals surface area contributed by atoms with Gasteiger partial charge in [0, 0.05) is 5.54 Å². The smallest absolute Gasteiger partial charge is 0.0201 e. The summed E-state index contributed by atoms with van der Waals surface area (Å²) in [4.78, 5) is 0. The molecule has 11 heavy (non-hydrogen) atoms. The molecule has 2 aliphatic rings. The molecule has 1 unspecified atom stereocenters. The third kappa shape index (κ3) is 1.73. The summed E-state index contributed by atoms with van der Waals surface area (Å²) < 4.78 is 0. The SMILES string of the molecule is C1CCC2(CCN2)CCSC1. The summed E-state index contributed by atoms with van der Waals surface area (Å²) in [7, 11) is 0. The first-order valence-electron chi connectivity index (χ1n) is 4.74. The van der Waals surface area contributed by atoms with E-state index in [0.717, 1.165) is 0 Å². The molecule has 0 aromatic heterocycles. The van der Waals surface area contributed by atoms with E-state index in [4.69, 9.17) is 0 Å². The second-order valence-electron chi connectivity index (χ2n) is 3.78. The maximum atomic E-state index is 3.62. The van der Waals surface area contributed by atoms with Crippen molar-refractivity contribution in [2.24, 2.45) is 0 Å². The third-order valence-corrected chi connectivity index (χ3v) is 4.09. The molecule has 2 heteroatoms. The molecule has 0 aromatic rings. The Kier molecular flexibility index (Phi) is 2.42. The zero-order valence-corrected chi connectivity index (χ0v) is 7.88. The topological polar surface area (TPSA) is 12.0 Å². The second kappa shape index (κ2) is 3.36. The van der Waals surface area contributed by atoms with Gasteiger partial charge in [-0.1, -0.05) is 6.42 Å². The van der Waals surface area contributed by atoms with E-state index in [2.05, 4.69) is 17.1 Å². The predicted molar refractivity (Wildman–Crippen MR) is 51.1 cm³/mol. The highest BCUT2D eigenvalue weighted by atomic mass is 32.2. The van der Waals surface area contributed by atoms with Gasteiger partial charge in [-0.2, -0.15) is 11.8 Å². The summed E-state index contributed by atoms with van der Waals surface area (Å²) in [5.74, 6) is 2.78. The Labute approximate surface area is 73.3 Å². The van der Waals surface area contributed by atoms with Crippen LogP contribution in [-0.2, 0) is 0 Å². The van der Waals surface area contributed by atoms with Gasteiger partial charge in [0.15, 0.2) is 0 Å². The lowest BCUT2D eigenvalue weighted by molar-refractivity contribution is 0.180. The van der Waals surface area contributed by atoms with Crippen LogP contribution in [0.15, 0.2) is 0 Å². The number of hydrogen-bond acceptors (Lipinski definition) is 2. The Hall–Kier alpha value is 0.310. The molecule has 0 amide bonds. The number of nitrogens with one attached hydrogen (secondary N) is 1. The Balaban J connectivity index is 1.86. The summed E-state index contributed by atoms with van der Waals surface area (Å²) in [5, 5.41) is 3.62. The molecule has 64 valence electrons. The van der Waals surface area contributed by atoms with Crippen LogP contribution >= 0.6 is 11.8 Å². The van der Waals surface area contributed by atoms with Crippen LogP contribution in [0.1, 0.15) is 32.1 Å². The molecule has 2 saturated heterocycles. The second-order valence-corrected chi connectivity index (χ2v) is 5.00. The van der Waals surface area contributed by atoms with Gasteiger partial charge in [0.05, 0.1) is 0 Å². The zero-order chi connectivity index (χ0) is 7.57. The summed E-state index contributed by atoms with van der Waals surface area (Å²) >= 11 is 2.14. The predicted octanol–water partition coefficient (Wildman–Crippen LogP) is 2.03. The molecule has 2 rings (SSSR count). The molecule has 1 atom stereocenters. The number of rotatable bonds is 0. The van der Waals surface area contributed by atoms with Crippen LogP contribution in [0.5, 0.6) is 0 Å². The number of thioether (sulfide) groups is 1. The van der Waals surface area contributed by atoms with Crippen LogP contribution in [0.2, 0.25) is 0 Å². The molecule has 0 bridgehead atoms. The fraction of sp³-hybridized carbons (Fsp3) is 1.00. The fourth-order valence-electron chi connectivity index (χ4n) is 2.07. The molecule has 2 aliphatic heterocycles. The van der Waals surface area contributed by atoms with Gasteiger partial charge < -0.3 is 5.32 Å². The average molecular weight is 171 g/mol. The zero-order valence-electron chi connectivity index (χ0n) is 7.07. The van der Waals surface area contributed by atoms with Crippen molar-refractivity contribution in [3.05, 3.63) is 0 Å². The highest BCUT2D eigenvalue weighted by molar-refractivity contribution is 7.99. The monoisotopic (exact) mass is 171 g/mol. The van der Waals surface area contributed by atoms with Crippen molar-refractivity contribution < 1.29 is 0 Å². The molecule has 2 heterocycles. The van der Waals surface area contributed by atoms with E-state index in [9.17, 15) is 0 Å². The molecular weight excluding hydrogens is 154 g/mol. The molecule has 0 saturated carbocycles. The van der Waals surface area contributed by atoms with Crippen molar-refractivity contribution in [1.82, 2.24) is 5.32 Å². The average Bonchev–Trinajstić information content (AvgIpc) is 1.82. The first kappa shape index (κ1) is 7.93. The maximum absolute atomic E-state index is 3.62. The van der Waals surface area contributed by atoms with Crippen LogP contribution in [0.25, 0.3) is 0 Å². The Morgan fingerprint density at radius 1 is 1.00 bits per heavy atom. The summed E-state index contributed by atoms with van der Waals surface area (Å²) in [6.45, 7) is 1.27. The van der Waals surface area contributed by atoms with Crippen LogP contribution in [0, 0.1) is 0 Å². The van der Waals surface area contributed by atoms with Crippen molar-refractivity contribution in [1.29, 1.82) is 0 Å². The molecule has 1 spiro atoms. The Morgan fingerprint density at radius 3 is 2.64 bits per heavy atom. The molecular formula is C9H17NS. The summed E-state index contributed by atoms with van der Waals surface area (Å²) in [6, 6.07) is 0. The van der Waals surface area contributed by atoms with Crippen molar-refractivity contribution in [2.45, 2.75) is 37.6 Å². The molecule has 0 radical (unpaired) electrons. The van der Waals surface area contributed by atoms with Gasteiger partial charge in [-0.3, -0.25) is 0 Å². The van der Waals surface area contributed by atoms with Gasteiger partial charge in [0.2, 0.25) is 0 Å². The van der Waals surface area contributed by atoms with Crippen LogP contribution in [0.4, 0.5) is 0 Å². The van der Waals surface area contributed by atoms with Crippen molar-refractivity contribution in [2.75, 3.05) is 18.1 Å². The summed E-state index contributed by atoms with van der Waals surface area (Å²) in [5.41, 5.74) is 0.605. The highest BCUT2D eigenvalue weighted by Crippen LogP contribution is 2.32. The van der Waals surface area contributed by atoms with Gasteiger partial charge in [0.25, 0.3) is 0 Å². The highest BCUT2D eigenvalue weighted by Gasteiger charge is 2.35. The first-order valence-corrected chi connectivity index (χ1v) is 5.90. The summed E-state index contributed by atoms with van der Waals surface area (Å²) in [6.07, 6.45) is 7.17. The lowest BCUT2D eigenvalue weighted by atomic mass is 9.80. The fourth-order valence-corrected chi connectivity index (χ4v) is 3.21. The van der Waals surface area contributed by atoms with E-state index in [1.807, 2.05) is 0 Å². The molecule has 2 fully saturated rings. The molecule has 1 N–H and O–H groups in total. The van der Waals surface area contributed by atoms with Gasteiger partial charge in [0.1, 0.15) is 0 Å². The van der Waals surface area contributed by atoms with Crippen LogP contribution in [0.3, 0.4) is 0 Å². The standard InChI is InChI=1S/C9H17NS/c1-2-7-11-8-5-9(3-1)4-6-10-9/h10H,1-8H2. The lowest BCUT2D eigenvalue weighted by Gasteiger charge is -2.44. The van der Waals surface area contributed by atoms with E-state index >= 15 is 0 Å². The Morgan fingerprint density at radius 2 is 1.91 bits per heavy atom. The minimum atomic E-state index is 0.605. The van der Waals surface area contributed by atoms with E-state index < -0.39 is 0 Å². The third-order valence-electron chi connectivity index (χ3n) is 3.02.